The van der Waals surface area contributed by atoms with Gasteiger partial charge in [-0.3, -0.25) is 19.5 Å². The van der Waals surface area contributed by atoms with Gasteiger partial charge in [-0.2, -0.15) is 0 Å². The van der Waals surface area contributed by atoms with E-state index < -0.39 is 6.04 Å². The van der Waals surface area contributed by atoms with Crippen molar-refractivity contribution in [2.75, 3.05) is 26.2 Å². The van der Waals surface area contributed by atoms with Gasteiger partial charge < -0.3 is 15.0 Å². The first-order chi connectivity index (χ1) is 14.6. The van der Waals surface area contributed by atoms with Crippen LogP contribution < -0.4 is 10.1 Å². The van der Waals surface area contributed by atoms with Gasteiger partial charge in [0.25, 0.3) is 0 Å². The molecule has 1 atom stereocenters. The summed E-state index contributed by atoms with van der Waals surface area (Å²) in [6.45, 7) is 7.58. The van der Waals surface area contributed by atoms with Gasteiger partial charge >= 0.3 is 0 Å². The third-order valence-electron chi connectivity index (χ3n) is 5.29. The third kappa shape index (κ3) is 5.79. The van der Waals surface area contributed by atoms with E-state index in [-0.39, 0.29) is 18.2 Å². The SMILES string of the molecule is CCOc1ccc(CN2CCNC(=O)[C@H]2CC(=O)N(CC)Cc2ccncc2)cc1. The lowest BCUT2D eigenvalue weighted by Crippen LogP contribution is -2.56. The normalized spacial score (nSPS) is 16.7. The minimum atomic E-state index is -0.468. The topological polar surface area (TPSA) is 74.8 Å². The standard InChI is InChI=1S/C23H30N4O3/c1-3-26(16-19-9-11-24-12-10-19)22(28)15-21-23(29)25-13-14-27(21)17-18-5-7-20(8-6-18)30-4-2/h5-12,21H,3-4,13-17H2,1-2H3,(H,25,29)/t21-/m1/s1. The van der Waals surface area contributed by atoms with Crippen molar-refractivity contribution in [3.63, 3.8) is 0 Å². The van der Waals surface area contributed by atoms with Crippen LogP contribution in [0.2, 0.25) is 0 Å². The molecule has 2 aromatic rings. The molecule has 7 heteroatoms. The van der Waals surface area contributed by atoms with E-state index in [9.17, 15) is 9.59 Å². The lowest BCUT2D eigenvalue weighted by atomic mass is 10.1. The van der Waals surface area contributed by atoms with Gasteiger partial charge in [0.15, 0.2) is 0 Å². The van der Waals surface area contributed by atoms with E-state index in [0.29, 0.717) is 39.3 Å². The number of pyridine rings is 1. The molecule has 1 aliphatic rings. The predicted molar refractivity (Wildman–Crippen MR) is 115 cm³/mol. The fraction of sp³-hybridized carbons (Fsp3) is 0.435. The number of aromatic nitrogens is 1. The summed E-state index contributed by atoms with van der Waals surface area (Å²) in [5, 5.41) is 2.91. The Balaban J connectivity index is 1.66. The molecule has 2 heterocycles. The highest BCUT2D eigenvalue weighted by Gasteiger charge is 2.32. The largest absolute Gasteiger partial charge is 0.494 e. The number of nitrogens with zero attached hydrogens (tertiary/aromatic N) is 3. The maximum absolute atomic E-state index is 13.0. The molecule has 3 rings (SSSR count). The van der Waals surface area contributed by atoms with Crippen LogP contribution in [0.3, 0.4) is 0 Å². The summed E-state index contributed by atoms with van der Waals surface area (Å²) in [4.78, 5) is 33.5. The third-order valence-corrected chi connectivity index (χ3v) is 5.29. The lowest BCUT2D eigenvalue weighted by molar-refractivity contribution is -0.139. The second-order valence-corrected chi connectivity index (χ2v) is 7.32. The molecule has 0 bridgehead atoms. The molecule has 1 aromatic carbocycles. The van der Waals surface area contributed by atoms with Crippen LogP contribution in [0.25, 0.3) is 0 Å². The number of amides is 2. The number of carbonyl (C=O) groups excluding carboxylic acids is 2. The Bertz CT molecular complexity index is 826. The number of ether oxygens (including phenoxy) is 1. The van der Waals surface area contributed by atoms with Crippen LogP contribution in [0.1, 0.15) is 31.4 Å². The molecule has 1 N–H and O–H groups in total. The molecular formula is C23H30N4O3. The van der Waals surface area contributed by atoms with Crippen molar-refractivity contribution in [1.29, 1.82) is 0 Å². The molecule has 0 unspecified atom stereocenters. The quantitative estimate of drug-likeness (QED) is 0.686. The molecule has 1 aliphatic heterocycles. The molecule has 1 aromatic heterocycles. The number of benzene rings is 1. The molecule has 7 nitrogen and oxygen atoms in total. The van der Waals surface area contributed by atoms with Crippen molar-refractivity contribution in [2.45, 2.75) is 39.4 Å². The number of piperazine rings is 1. The molecule has 1 saturated heterocycles. The zero-order valence-electron chi connectivity index (χ0n) is 17.7. The minimum Gasteiger partial charge on any atom is -0.494 e. The van der Waals surface area contributed by atoms with Gasteiger partial charge in [0.2, 0.25) is 11.8 Å². The van der Waals surface area contributed by atoms with Crippen molar-refractivity contribution in [3.8, 4) is 5.75 Å². The first-order valence-electron chi connectivity index (χ1n) is 10.5. The average molecular weight is 411 g/mol. The van der Waals surface area contributed by atoms with Gasteiger partial charge in [-0.1, -0.05) is 12.1 Å². The molecule has 0 spiro atoms. The highest BCUT2D eigenvalue weighted by molar-refractivity contribution is 5.88. The maximum atomic E-state index is 13.0. The highest BCUT2D eigenvalue weighted by atomic mass is 16.5. The Hall–Kier alpha value is -2.93. The second-order valence-electron chi connectivity index (χ2n) is 7.32. The zero-order valence-corrected chi connectivity index (χ0v) is 17.7. The van der Waals surface area contributed by atoms with E-state index in [2.05, 4.69) is 15.2 Å². The van der Waals surface area contributed by atoms with Crippen LogP contribution in [-0.4, -0.2) is 58.9 Å². The molecule has 0 saturated carbocycles. The molecule has 0 aliphatic carbocycles. The Morgan fingerprint density at radius 1 is 1.17 bits per heavy atom. The monoisotopic (exact) mass is 410 g/mol. The van der Waals surface area contributed by atoms with E-state index in [1.54, 1.807) is 17.3 Å². The van der Waals surface area contributed by atoms with Gasteiger partial charge in [0, 0.05) is 45.1 Å². The zero-order chi connectivity index (χ0) is 21.3. The number of carbonyl (C=O) groups is 2. The van der Waals surface area contributed by atoms with E-state index in [4.69, 9.17) is 4.74 Å². The Kier molecular flexibility index (Phi) is 7.79. The summed E-state index contributed by atoms with van der Waals surface area (Å²) in [5.41, 5.74) is 2.12. The Morgan fingerprint density at radius 3 is 2.57 bits per heavy atom. The minimum absolute atomic E-state index is 0.0203. The van der Waals surface area contributed by atoms with Crippen LogP contribution in [0.15, 0.2) is 48.8 Å². The first-order valence-corrected chi connectivity index (χ1v) is 10.5. The summed E-state index contributed by atoms with van der Waals surface area (Å²) >= 11 is 0. The van der Waals surface area contributed by atoms with Crippen LogP contribution in [-0.2, 0) is 22.7 Å². The Labute approximate surface area is 178 Å². The molecule has 0 radical (unpaired) electrons. The summed E-state index contributed by atoms with van der Waals surface area (Å²) in [5.74, 6) is 0.729. The van der Waals surface area contributed by atoms with Crippen molar-refractivity contribution in [3.05, 3.63) is 59.9 Å². The number of rotatable bonds is 9. The maximum Gasteiger partial charge on any atom is 0.237 e. The smallest absolute Gasteiger partial charge is 0.237 e. The van der Waals surface area contributed by atoms with Crippen LogP contribution in [0.5, 0.6) is 5.75 Å². The number of nitrogens with one attached hydrogen (secondary N) is 1. The van der Waals surface area contributed by atoms with Crippen LogP contribution >= 0.6 is 0 Å². The van der Waals surface area contributed by atoms with Crippen molar-refractivity contribution < 1.29 is 14.3 Å². The van der Waals surface area contributed by atoms with E-state index in [1.807, 2.05) is 50.2 Å². The molecule has 2 amide bonds. The predicted octanol–water partition coefficient (Wildman–Crippen LogP) is 2.22. The lowest BCUT2D eigenvalue weighted by Gasteiger charge is -2.35. The Morgan fingerprint density at radius 2 is 1.90 bits per heavy atom. The van der Waals surface area contributed by atoms with E-state index in [1.165, 1.54) is 0 Å². The van der Waals surface area contributed by atoms with Gasteiger partial charge in [-0.05, 0) is 49.2 Å². The van der Waals surface area contributed by atoms with Crippen LogP contribution in [0.4, 0.5) is 0 Å². The van der Waals surface area contributed by atoms with Crippen LogP contribution in [0, 0.1) is 0 Å². The summed E-state index contributed by atoms with van der Waals surface area (Å²) in [7, 11) is 0. The number of hydrogen-bond acceptors (Lipinski definition) is 5. The van der Waals surface area contributed by atoms with Gasteiger partial charge in [0.1, 0.15) is 5.75 Å². The van der Waals surface area contributed by atoms with Gasteiger partial charge in [-0.15, -0.1) is 0 Å². The highest BCUT2D eigenvalue weighted by Crippen LogP contribution is 2.18. The molecule has 160 valence electrons. The fourth-order valence-corrected chi connectivity index (χ4v) is 3.64. The first kappa shape index (κ1) is 21.8. The molecule has 30 heavy (non-hydrogen) atoms. The summed E-state index contributed by atoms with van der Waals surface area (Å²) < 4.78 is 5.50. The van der Waals surface area contributed by atoms with Gasteiger partial charge in [0.05, 0.1) is 19.1 Å². The van der Waals surface area contributed by atoms with Crippen molar-refractivity contribution in [2.24, 2.45) is 0 Å². The van der Waals surface area contributed by atoms with E-state index >= 15 is 0 Å². The average Bonchev–Trinajstić information content (AvgIpc) is 2.76. The summed E-state index contributed by atoms with van der Waals surface area (Å²) in [6, 6.07) is 11.2. The second kappa shape index (κ2) is 10.7. The van der Waals surface area contributed by atoms with E-state index in [0.717, 1.165) is 16.9 Å². The number of hydrogen-bond donors (Lipinski definition) is 1. The van der Waals surface area contributed by atoms with Crippen molar-refractivity contribution >= 4 is 11.8 Å². The summed E-state index contributed by atoms with van der Waals surface area (Å²) in [6.07, 6.45) is 3.61. The molecule has 1 fully saturated rings. The van der Waals surface area contributed by atoms with Gasteiger partial charge in [-0.25, -0.2) is 0 Å². The molecular weight excluding hydrogens is 380 g/mol. The van der Waals surface area contributed by atoms with Crippen molar-refractivity contribution in [1.82, 2.24) is 20.1 Å². The fourth-order valence-electron chi connectivity index (χ4n) is 3.64.